The molecule has 0 radical (unpaired) electrons. The van der Waals surface area contributed by atoms with Crippen LogP contribution in [0.15, 0.2) is 60.9 Å². The van der Waals surface area contributed by atoms with Crippen molar-refractivity contribution in [1.82, 2.24) is 25.1 Å². The van der Waals surface area contributed by atoms with Gasteiger partial charge in [-0.3, -0.25) is 5.10 Å². The molecule has 4 aromatic rings. The Hall–Kier alpha value is -3.94. The third-order valence-corrected chi connectivity index (χ3v) is 3.92. The van der Waals surface area contributed by atoms with Gasteiger partial charge in [-0.15, -0.1) is 5.10 Å². The molecule has 0 saturated carbocycles. The van der Waals surface area contributed by atoms with Gasteiger partial charge in [-0.1, -0.05) is 24.3 Å². The molecule has 2 heterocycles. The number of H-pyrrole nitrogens is 1. The van der Waals surface area contributed by atoms with Crippen molar-refractivity contribution in [2.45, 2.75) is 6.92 Å². The standard InChI is InChI=1S/C20H18N6O2/c1-13-5-3-7-15(9-13)23-20-24-19(25-26-20)14-6-4-8-16(10-14)28-18-11-17(27-2)21-12-22-18/h3-12H,1-2H3,(H2,23,24,25,26). The van der Waals surface area contributed by atoms with Crippen LogP contribution in [0, 0.1) is 6.92 Å². The van der Waals surface area contributed by atoms with Crippen molar-refractivity contribution in [3.05, 3.63) is 66.5 Å². The molecule has 0 atom stereocenters. The molecule has 0 amide bonds. The second-order valence-corrected chi connectivity index (χ2v) is 6.03. The van der Waals surface area contributed by atoms with Crippen LogP contribution in [-0.2, 0) is 0 Å². The molecule has 8 heteroatoms. The van der Waals surface area contributed by atoms with Gasteiger partial charge in [0, 0.05) is 11.3 Å². The Morgan fingerprint density at radius 1 is 0.964 bits per heavy atom. The Bertz CT molecular complexity index is 1100. The number of benzene rings is 2. The van der Waals surface area contributed by atoms with Gasteiger partial charge in [0.15, 0.2) is 5.82 Å². The highest BCUT2D eigenvalue weighted by Crippen LogP contribution is 2.26. The molecule has 140 valence electrons. The van der Waals surface area contributed by atoms with Gasteiger partial charge in [-0.05, 0) is 36.8 Å². The first-order chi connectivity index (χ1) is 13.7. The molecule has 0 aliphatic carbocycles. The van der Waals surface area contributed by atoms with E-state index in [1.54, 1.807) is 13.2 Å². The van der Waals surface area contributed by atoms with E-state index in [-0.39, 0.29) is 0 Å². The average Bonchev–Trinajstić information content (AvgIpc) is 3.17. The Morgan fingerprint density at radius 2 is 1.82 bits per heavy atom. The number of ether oxygens (including phenoxy) is 2. The van der Waals surface area contributed by atoms with Crippen LogP contribution in [0.1, 0.15) is 5.56 Å². The molecule has 0 bridgehead atoms. The number of anilines is 2. The van der Waals surface area contributed by atoms with Crippen molar-refractivity contribution < 1.29 is 9.47 Å². The summed E-state index contributed by atoms with van der Waals surface area (Å²) in [6, 6.07) is 17.1. The summed E-state index contributed by atoms with van der Waals surface area (Å²) in [7, 11) is 1.54. The second kappa shape index (κ2) is 7.75. The Morgan fingerprint density at radius 3 is 2.68 bits per heavy atom. The molecule has 0 saturated heterocycles. The quantitative estimate of drug-likeness (QED) is 0.524. The van der Waals surface area contributed by atoms with Crippen molar-refractivity contribution in [1.29, 1.82) is 0 Å². The molecule has 2 N–H and O–H groups in total. The van der Waals surface area contributed by atoms with E-state index in [1.807, 2.05) is 55.5 Å². The van der Waals surface area contributed by atoms with Crippen LogP contribution < -0.4 is 14.8 Å². The smallest absolute Gasteiger partial charge is 0.246 e. The van der Waals surface area contributed by atoms with E-state index in [2.05, 4.69) is 30.5 Å². The third kappa shape index (κ3) is 4.07. The Labute approximate surface area is 161 Å². The minimum absolute atomic E-state index is 0.392. The number of nitrogens with zero attached hydrogens (tertiary/aromatic N) is 4. The number of aromatic nitrogens is 5. The summed E-state index contributed by atoms with van der Waals surface area (Å²) in [5.41, 5.74) is 2.93. The fourth-order valence-electron chi connectivity index (χ4n) is 2.62. The first kappa shape index (κ1) is 17.5. The molecule has 0 unspecified atom stereocenters. The molecule has 0 fully saturated rings. The lowest BCUT2D eigenvalue weighted by Gasteiger charge is -2.06. The predicted octanol–water partition coefficient (Wildman–Crippen LogP) is 4.11. The van der Waals surface area contributed by atoms with Crippen LogP contribution in [0.5, 0.6) is 17.5 Å². The average molecular weight is 374 g/mol. The van der Waals surface area contributed by atoms with E-state index >= 15 is 0 Å². The van der Waals surface area contributed by atoms with Crippen LogP contribution in [0.25, 0.3) is 11.4 Å². The SMILES string of the molecule is COc1cc(Oc2cccc(-c3nc(Nc4cccc(C)c4)n[nH]3)c2)ncn1. The molecular weight excluding hydrogens is 356 g/mol. The van der Waals surface area contributed by atoms with Gasteiger partial charge in [0.1, 0.15) is 12.1 Å². The summed E-state index contributed by atoms with van der Waals surface area (Å²) in [6.07, 6.45) is 1.39. The van der Waals surface area contributed by atoms with E-state index < -0.39 is 0 Å². The van der Waals surface area contributed by atoms with Crippen LogP contribution in [-0.4, -0.2) is 32.3 Å². The third-order valence-electron chi connectivity index (χ3n) is 3.92. The van der Waals surface area contributed by atoms with E-state index in [9.17, 15) is 0 Å². The fraction of sp³-hybridized carbons (Fsp3) is 0.100. The summed E-state index contributed by atoms with van der Waals surface area (Å²) in [6.45, 7) is 2.04. The van der Waals surface area contributed by atoms with Gasteiger partial charge in [0.05, 0.1) is 13.2 Å². The number of aromatic amines is 1. The number of methoxy groups -OCH3 is 1. The highest BCUT2D eigenvalue weighted by atomic mass is 16.5. The summed E-state index contributed by atoms with van der Waals surface area (Å²) in [4.78, 5) is 12.5. The fourth-order valence-corrected chi connectivity index (χ4v) is 2.62. The zero-order chi connectivity index (χ0) is 19.3. The van der Waals surface area contributed by atoms with Crippen LogP contribution >= 0.6 is 0 Å². The summed E-state index contributed by atoms with van der Waals surface area (Å²) >= 11 is 0. The van der Waals surface area contributed by atoms with Gasteiger partial charge in [-0.25, -0.2) is 9.97 Å². The first-order valence-electron chi connectivity index (χ1n) is 8.60. The van der Waals surface area contributed by atoms with Crippen LogP contribution in [0.3, 0.4) is 0 Å². The highest BCUT2D eigenvalue weighted by molar-refractivity contribution is 5.61. The molecule has 4 rings (SSSR count). The van der Waals surface area contributed by atoms with Gasteiger partial charge in [0.25, 0.3) is 0 Å². The topological polar surface area (TPSA) is 97.8 Å². The normalized spacial score (nSPS) is 10.5. The molecule has 28 heavy (non-hydrogen) atoms. The summed E-state index contributed by atoms with van der Waals surface area (Å²) in [5.74, 6) is 2.56. The van der Waals surface area contributed by atoms with Crippen molar-refractivity contribution in [3.8, 4) is 28.9 Å². The van der Waals surface area contributed by atoms with Crippen LogP contribution in [0.2, 0.25) is 0 Å². The molecule has 0 aliphatic rings. The van der Waals surface area contributed by atoms with Gasteiger partial charge < -0.3 is 14.8 Å². The zero-order valence-corrected chi connectivity index (χ0v) is 15.4. The maximum Gasteiger partial charge on any atom is 0.246 e. The highest BCUT2D eigenvalue weighted by Gasteiger charge is 2.08. The Kier molecular flexibility index (Phi) is 4.83. The number of rotatable bonds is 6. The Balaban J connectivity index is 1.52. The molecule has 2 aromatic heterocycles. The lowest BCUT2D eigenvalue weighted by atomic mass is 10.2. The zero-order valence-electron chi connectivity index (χ0n) is 15.4. The first-order valence-corrected chi connectivity index (χ1v) is 8.60. The molecule has 0 spiro atoms. The van der Waals surface area contributed by atoms with Crippen molar-refractivity contribution in [3.63, 3.8) is 0 Å². The van der Waals surface area contributed by atoms with Gasteiger partial charge in [-0.2, -0.15) is 4.98 Å². The van der Waals surface area contributed by atoms with E-state index in [4.69, 9.17) is 9.47 Å². The molecule has 2 aromatic carbocycles. The number of aryl methyl sites for hydroxylation is 1. The van der Waals surface area contributed by atoms with E-state index in [1.165, 1.54) is 6.33 Å². The van der Waals surface area contributed by atoms with Crippen LogP contribution in [0.4, 0.5) is 11.6 Å². The number of nitrogens with one attached hydrogen (secondary N) is 2. The lowest BCUT2D eigenvalue weighted by Crippen LogP contribution is -1.93. The minimum atomic E-state index is 0.392. The minimum Gasteiger partial charge on any atom is -0.481 e. The van der Waals surface area contributed by atoms with Crippen molar-refractivity contribution in [2.24, 2.45) is 0 Å². The van der Waals surface area contributed by atoms with Gasteiger partial charge in [0.2, 0.25) is 17.7 Å². The summed E-state index contributed by atoms with van der Waals surface area (Å²) in [5, 5.41) is 10.4. The number of hydrogen-bond acceptors (Lipinski definition) is 7. The largest absolute Gasteiger partial charge is 0.481 e. The van der Waals surface area contributed by atoms with Gasteiger partial charge >= 0.3 is 0 Å². The summed E-state index contributed by atoms with van der Waals surface area (Å²) < 4.78 is 10.9. The lowest BCUT2D eigenvalue weighted by molar-refractivity contribution is 0.388. The van der Waals surface area contributed by atoms with E-state index in [0.29, 0.717) is 29.3 Å². The number of hydrogen-bond donors (Lipinski definition) is 2. The molecule has 8 nitrogen and oxygen atoms in total. The maximum atomic E-state index is 5.79. The molecule has 0 aliphatic heterocycles. The molecular formula is C20H18N6O2. The monoisotopic (exact) mass is 374 g/mol. The second-order valence-electron chi connectivity index (χ2n) is 6.03. The predicted molar refractivity (Wildman–Crippen MR) is 105 cm³/mol. The van der Waals surface area contributed by atoms with Crippen molar-refractivity contribution in [2.75, 3.05) is 12.4 Å². The van der Waals surface area contributed by atoms with Crippen molar-refractivity contribution >= 4 is 11.6 Å². The maximum absolute atomic E-state index is 5.79. The van der Waals surface area contributed by atoms with E-state index in [0.717, 1.165) is 16.8 Å².